The predicted octanol–water partition coefficient (Wildman–Crippen LogP) is 3.59. The van der Waals surface area contributed by atoms with Crippen LogP contribution in [0.4, 0.5) is 0 Å². The maximum Gasteiger partial charge on any atom is 0.0525 e. The zero-order valence-electron chi connectivity index (χ0n) is 8.79. The Labute approximate surface area is 103 Å². The molecule has 1 N–H and O–H groups in total. The van der Waals surface area contributed by atoms with Gasteiger partial charge in [0, 0.05) is 14.8 Å². The third-order valence-corrected chi connectivity index (χ3v) is 4.71. The maximum absolute atomic E-state index is 9.57. The van der Waals surface area contributed by atoms with Crippen LogP contribution in [0.15, 0.2) is 27.6 Å². The third-order valence-electron chi connectivity index (χ3n) is 3.07. The molecule has 0 bridgehead atoms. The Morgan fingerprint density at radius 3 is 3.07 bits per heavy atom. The van der Waals surface area contributed by atoms with Crippen LogP contribution in [0.1, 0.15) is 25.3 Å². The smallest absolute Gasteiger partial charge is 0.0525 e. The van der Waals surface area contributed by atoms with Crippen LogP contribution in [0, 0.1) is 0 Å². The number of thioether (sulfide) groups is 1. The number of rotatable bonds is 1. The first kappa shape index (κ1) is 11.5. The highest BCUT2D eigenvalue weighted by molar-refractivity contribution is 9.10. The molecule has 0 fully saturated rings. The van der Waals surface area contributed by atoms with Crippen molar-refractivity contribution in [3.05, 3.63) is 28.2 Å². The van der Waals surface area contributed by atoms with E-state index in [1.807, 2.05) is 11.8 Å². The van der Waals surface area contributed by atoms with E-state index in [2.05, 4.69) is 41.1 Å². The van der Waals surface area contributed by atoms with Crippen molar-refractivity contribution in [1.82, 2.24) is 0 Å². The highest BCUT2D eigenvalue weighted by Gasteiger charge is 2.30. The fourth-order valence-electron chi connectivity index (χ4n) is 2.06. The average Bonchev–Trinajstić information content (AvgIpc) is 2.39. The van der Waals surface area contributed by atoms with Crippen molar-refractivity contribution in [2.75, 3.05) is 12.4 Å². The Kier molecular flexibility index (Phi) is 3.43. The monoisotopic (exact) mass is 286 g/mol. The van der Waals surface area contributed by atoms with E-state index in [0.29, 0.717) is 0 Å². The second kappa shape index (κ2) is 4.48. The molecular formula is C12H15BrOS. The van der Waals surface area contributed by atoms with Gasteiger partial charge in [-0.05, 0) is 36.3 Å². The molecular weight excluding hydrogens is 272 g/mol. The van der Waals surface area contributed by atoms with Crippen molar-refractivity contribution in [3.8, 4) is 0 Å². The van der Waals surface area contributed by atoms with Gasteiger partial charge in [-0.1, -0.05) is 28.9 Å². The predicted molar refractivity (Wildman–Crippen MR) is 68.5 cm³/mol. The molecule has 0 radical (unpaired) electrons. The second-order valence-corrected chi connectivity index (χ2v) is 6.36. The Hall–Kier alpha value is 0.01000. The quantitative estimate of drug-likeness (QED) is 0.852. The van der Waals surface area contributed by atoms with Gasteiger partial charge in [0.15, 0.2) is 0 Å². The van der Waals surface area contributed by atoms with Gasteiger partial charge in [0.05, 0.1) is 6.61 Å². The van der Waals surface area contributed by atoms with Gasteiger partial charge >= 0.3 is 0 Å². The Morgan fingerprint density at radius 1 is 1.53 bits per heavy atom. The van der Waals surface area contributed by atoms with Gasteiger partial charge < -0.3 is 5.11 Å². The van der Waals surface area contributed by atoms with Crippen LogP contribution in [0.5, 0.6) is 0 Å². The molecule has 0 amide bonds. The summed E-state index contributed by atoms with van der Waals surface area (Å²) in [5.74, 6) is 1.15. The molecule has 1 atom stereocenters. The van der Waals surface area contributed by atoms with E-state index < -0.39 is 0 Å². The largest absolute Gasteiger partial charge is 0.395 e. The summed E-state index contributed by atoms with van der Waals surface area (Å²) in [6.45, 7) is 2.40. The molecule has 1 aromatic carbocycles. The molecule has 1 unspecified atom stereocenters. The molecule has 0 aromatic heterocycles. The van der Waals surface area contributed by atoms with E-state index in [-0.39, 0.29) is 12.0 Å². The summed E-state index contributed by atoms with van der Waals surface area (Å²) in [6, 6.07) is 6.38. The van der Waals surface area contributed by atoms with E-state index in [1.54, 1.807) is 0 Å². The lowest BCUT2D eigenvalue weighted by Gasteiger charge is -2.27. The fourth-order valence-corrected chi connectivity index (χ4v) is 3.76. The van der Waals surface area contributed by atoms with E-state index in [1.165, 1.54) is 16.9 Å². The lowest BCUT2D eigenvalue weighted by atomic mass is 9.79. The first-order chi connectivity index (χ1) is 7.15. The first-order valence-corrected chi connectivity index (χ1v) is 6.97. The van der Waals surface area contributed by atoms with Crippen LogP contribution in [0.2, 0.25) is 0 Å². The minimum Gasteiger partial charge on any atom is -0.395 e. The highest BCUT2D eigenvalue weighted by atomic mass is 79.9. The van der Waals surface area contributed by atoms with Gasteiger partial charge in [0.25, 0.3) is 0 Å². The molecule has 3 heteroatoms. The zero-order chi connectivity index (χ0) is 10.9. The van der Waals surface area contributed by atoms with E-state index in [9.17, 15) is 5.11 Å². The van der Waals surface area contributed by atoms with Gasteiger partial charge in [-0.3, -0.25) is 0 Å². The van der Waals surface area contributed by atoms with E-state index in [0.717, 1.165) is 16.6 Å². The molecule has 82 valence electrons. The summed E-state index contributed by atoms with van der Waals surface area (Å²) in [5.41, 5.74) is 1.25. The second-order valence-electron chi connectivity index (χ2n) is 4.31. The summed E-state index contributed by atoms with van der Waals surface area (Å²) in [4.78, 5) is 1.32. The summed E-state index contributed by atoms with van der Waals surface area (Å²) in [5, 5.41) is 9.57. The summed E-state index contributed by atoms with van der Waals surface area (Å²) < 4.78 is 1.12. The number of aliphatic hydroxyl groups excluding tert-OH is 1. The fraction of sp³-hybridized carbons (Fsp3) is 0.500. The number of aliphatic hydroxyl groups is 1. The van der Waals surface area contributed by atoms with Crippen molar-refractivity contribution in [2.24, 2.45) is 0 Å². The SMILES string of the molecule is CC1(CO)CCCSc2cc(Br)ccc21. The normalized spacial score (nSPS) is 25.8. The molecule has 1 nitrogen and oxygen atoms in total. The molecule has 0 aliphatic carbocycles. The van der Waals surface area contributed by atoms with Gasteiger partial charge in [-0.25, -0.2) is 0 Å². The Bertz CT molecular complexity index is 367. The van der Waals surface area contributed by atoms with Crippen LogP contribution in [-0.4, -0.2) is 17.5 Å². The number of hydrogen-bond donors (Lipinski definition) is 1. The van der Waals surface area contributed by atoms with Crippen molar-refractivity contribution < 1.29 is 5.11 Å². The highest BCUT2D eigenvalue weighted by Crippen LogP contribution is 2.40. The van der Waals surface area contributed by atoms with Crippen molar-refractivity contribution in [3.63, 3.8) is 0 Å². The number of halogens is 1. The topological polar surface area (TPSA) is 20.2 Å². The van der Waals surface area contributed by atoms with E-state index >= 15 is 0 Å². The molecule has 1 aliphatic rings. The summed E-state index contributed by atoms with van der Waals surface area (Å²) in [6.07, 6.45) is 2.25. The zero-order valence-corrected chi connectivity index (χ0v) is 11.2. The lowest BCUT2D eigenvalue weighted by Crippen LogP contribution is -2.26. The van der Waals surface area contributed by atoms with Gasteiger partial charge in [0.2, 0.25) is 0 Å². The lowest BCUT2D eigenvalue weighted by molar-refractivity contribution is 0.195. The molecule has 0 spiro atoms. The van der Waals surface area contributed by atoms with E-state index in [4.69, 9.17) is 0 Å². The first-order valence-electron chi connectivity index (χ1n) is 5.19. The van der Waals surface area contributed by atoms with Crippen molar-refractivity contribution >= 4 is 27.7 Å². The Morgan fingerprint density at radius 2 is 2.33 bits per heavy atom. The third kappa shape index (κ3) is 2.24. The van der Waals surface area contributed by atoms with Crippen LogP contribution in [0.3, 0.4) is 0 Å². The summed E-state index contributed by atoms with van der Waals surface area (Å²) in [7, 11) is 0. The van der Waals surface area contributed by atoms with Gasteiger partial charge in [-0.2, -0.15) is 0 Å². The number of hydrogen-bond acceptors (Lipinski definition) is 2. The van der Waals surface area contributed by atoms with Gasteiger partial charge in [-0.15, -0.1) is 11.8 Å². The van der Waals surface area contributed by atoms with Crippen molar-refractivity contribution in [2.45, 2.75) is 30.1 Å². The number of benzene rings is 1. The Balaban J connectivity index is 2.50. The van der Waals surface area contributed by atoms with Crippen LogP contribution in [0.25, 0.3) is 0 Å². The standard InChI is InChI=1S/C12H15BrOS/c1-12(8-14)5-2-6-15-11-7-9(13)3-4-10(11)12/h3-4,7,14H,2,5-6,8H2,1H3. The maximum atomic E-state index is 9.57. The molecule has 1 aliphatic heterocycles. The van der Waals surface area contributed by atoms with Crippen LogP contribution in [-0.2, 0) is 5.41 Å². The minimum absolute atomic E-state index is 0.0560. The molecule has 1 heterocycles. The van der Waals surface area contributed by atoms with Crippen molar-refractivity contribution in [1.29, 1.82) is 0 Å². The summed E-state index contributed by atoms with van der Waals surface area (Å²) >= 11 is 5.40. The molecule has 2 rings (SSSR count). The van der Waals surface area contributed by atoms with Gasteiger partial charge in [0.1, 0.15) is 0 Å². The molecule has 0 saturated carbocycles. The molecule has 0 saturated heterocycles. The average molecular weight is 287 g/mol. The number of fused-ring (bicyclic) bond motifs is 1. The minimum atomic E-state index is -0.0560. The van der Waals surface area contributed by atoms with Crippen LogP contribution < -0.4 is 0 Å². The molecule has 15 heavy (non-hydrogen) atoms. The van der Waals surface area contributed by atoms with Crippen LogP contribution >= 0.6 is 27.7 Å². The molecule has 1 aromatic rings.